The molecule has 2 N–H and O–H groups in total. The third-order valence-electron chi connectivity index (χ3n) is 3.19. The molecule has 0 radical (unpaired) electrons. The van der Waals surface area contributed by atoms with Gasteiger partial charge in [0.1, 0.15) is 6.61 Å². The molecule has 0 aliphatic carbocycles. The van der Waals surface area contributed by atoms with Crippen molar-refractivity contribution in [1.82, 2.24) is 4.98 Å². The third kappa shape index (κ3) is 3.39. The maximum atomic E-state index is 5.79. The van der Waals surface area contributed by atoms with Gasteiger partial charge < -0.3 is 10.5 Å². The van der Waals surface area contributed by atoms with Crippen molar-refractivity contribution in [3.8, 4) is 17.0 Å². The van der Waals surface area contributed by atoms with Crippen LogP contribution in [-0.4, -0.2) is 4.98 Å². The van der Waals surface area contributed by atoms with Gasteiger partial charge in [-0.15, -0.1) is 0 Å². The van der Waals surface area contributed by atoms with Gasteiger partial charge >= 0.3 is 0 Å². The van der Waals surface area contributed by atoms with Crippen LogP contribution in [0.4, 0.5) is 5.69 Å². The number of nitrogens with two attached hydrogens (primary N) is 1. The zero-order valence-corrected chi connectivity index (χ0v) is 11.6. The number of rotatable bonds is 4. The second-order valence-corrected chi connectivity index (χ2v) is 4.78. The van der Waals surface area contributed by atoms with Gasteiger partial charge in [-0.25, -0.2) is 4.98 Å². The summed E-state index contributed by atoms with van der Waals surface area (Å²) in [5, 5.41) is 0. The van der Waals surface area contributed by atoms with Gasteiger partial charge in [-0.3, -0.25) is 0 Å². The highest BCUT2D eigenvalue weighted by Gasteiger charge is 2.01. The van der Waals surface area contributed by atoms with E-state index in [0.29, 0.717) is 12.5 Å². The first-order chi connectivity index (χ1) is 10.3. The zero-order valence-electron chi connectivity index (χ0n) is 11.6. The van der Waals surface area contributed by atoms with Crippen LogP contribution in [0.25, 0.3) is 11.1 Å². The van der Waals surface area contributed by atoms with Crippen LogP contribution in [0, 0.1) is 0 Å². The lowest BCUT2D eigenvalue weighted by Crippen LogP contribution is -1.96. The van der Waals surface area contributed by atoms with Crippen molar-refractivity contribution in [2.75, 3.05) is 5.73 Å². The summed E-state index contributed by atoms with van der Waals surface area (Å²) >= 11 is 0. The SMILES string of the molecule is Nc1cccc(-c2ccc(OCc3ccccc3)nc2)c1. The molecule has 0 amide bonds. The van der Waals surface area contributed by atoms with Crippen LogP contribution in [0.5, 0.6) is 5.88 Å². The van der Waals surface area contributed by atoms with Crippen molar-refractivity contribution in [2.45, 2.75) is 6.61 Å². The molecule has 3 nitrogen and oxygen atoms in total. The molecular formula is C18H16N2O. The van der Waals surface area contributed by atoms with E-state index in [4.69, 9.17) is 10.5 Å². The number of benzene rings is 2. The van der Waals surface area contributed by atoms with Crippen LogP contribution in [0.15, 0.2) is 72.9 Å². The molecule has 0 aliphatic rings. The Morgan fingerprint density at radius 1 is 0.857 bits per heavy atom. The molecule has 0 fully saturated rings. The number of hydrogen-bond donors (Lipinski definition) is 1. The minimum Gasteiger partial charge on any atom is -0.473 e. The van der Waals surface area contributed by atoms with E-state index in [1.54, 1.807) is 6.20 Å². The second kappa shape index (κ2) is 6.09. The number of nitrogen functional groups attached to an aromatic ring is 1. The summed E-state index contributed by atoms with van der Waals surface area (Å²) in [4.78, 5) is 4.34. The molecule has 3 rings (SSSR count). The van der Waals surface area contributed by atoms with Crippen molar-refractivity contribution >= 4 is 5.69 Å². The molecule has 0 saturated carbocycles. The molecule has 0 bridgehead atoms. The summed E-state index contributed by atoms with van der Waals surface area (Å²) in [5.74, 6) is 0.617. The Kier molecular flexibility index (Phi) is 3.83. The van der Waals surface area contributed by atoms with Gasteiger partial charge in [0, 0.05) is 23.5 Å². The van der Waals surface area contributed by atoms with Crippen molar-refractivity contribution in [2.24, 2.45) is 0 Å². The normalized spacial score (nSPS) is 10.3. The summed E-state index contributed by atoms with van der Waals surface area (Å²) in [6.45, 7) is 0.519. The molecule has 21 heavy (non-hydrogen) atoms. The molecule has 3 heteroatoms. The highest BCUT2D eigenvalue weighted by Crippen LogP contribution is 2.22. The van der Waals surface area contributed by atoms with Crippen LogP contribution in [-0.2, 0) is 6.61 Å². The minimum absolute atomic E-state index is 0.519. The maximum Gasteiger partial charge on any atom is 0.213 e. The number of aromatic nitrogens is 1. The molecular weight excluding hydrogens is 260 g/mol. The molecule has 1 heterocycles. The van der Waals surface area contributed by atoms with E-state index in [2.05, 4.69) is 4.98 Å². The highest BCUT2D eigenvalue weighted by molar-refractivity contribution is 5.66. The fourth-order valence-corrected chi connectivity index (χ4v) is 2.09. The zero-order chi connectivity index (χ0) is 14.5. The standard InChI is InChI=1S/C18H16N2O/c19-17-8-4-7-15(11-17)16-9-10-18(20-12-16)21-13-14-5-2-1-3-6-14/h1-12H,13,19H2. The maximum absolute atomic E-state index is 5.79. The monoisotopic (exact) mass is 276 g/mol. The summed E-state index contributed by atoms with van der Waals surface area (Å²) in [6, 6.07) is 21.6. The van der Waals surface area contributed by atoms with Gasteiger partial charge in [0.25, 0.3) is 0 Å². The van der Waals surface area contributed by atoms with Crippen LogP contribution < -0.4 is 10.5 Å². The van der Waals surface area contributed by atoms with Crippen molar-refractivity contribution < 1.29 is 4.74 Å². The predicted octanol–water partition coefficient (Wildman–Crippen LogP) is 3.91. The second-order valence-electron chi connectivity index (χ2n) is 4.78. The number of ether oxygens (including phenoxy) is 1. The lowest BCUT2D eigenvalue weighted by atomic mass is 10.1. The predicted molar refractivity (Wildman–Crippen MR) is 84.9 cm³/mol. The van der Waals surface area contributed by atoms with E-state index >= 15 is 0 Å². The number of nitrogens with zero attached hydrogens (tertiary/aromatic N) is 1. The number of anilines is 1. The first-order valence-electron chi connectivity index (χ1n) is 6.80. The molecule has 0 aliphatic heterocycles. The van der Waals surface area contributed by atoms with E-state index in [9.17, 15) is 0 Å². The van der Waals surface area contributed by atoms with Crippen molar-refractivity contribution in [1.29, 1.82) is 0 Å². The average Bonchev–Trinajstić information content (AvgIpc) is 2.54. The average molecular weight is 276 g/mol. The molecule has 0 saturated heterocycles. The Morgan fingerprint density at radius 3 is 2.43 bits per heavy atom. The van der Waals surface area contributed by atoms with E-state index < -0.39 is 0 Å². The minimum atomic E-state index is 0.519. The molecule has 104 valence electrons. The largest absolute Gasteiger partial charge is 0.473 e. The molecule has 2 aromatic carbocycles. The Bertz CT molecular complexity index is 709. The van der Waals surface area contributed by atoms with Crippen LogP contribution in [0.2, 0.25) is 0 Å². The Balaban J connectivity index is 1.69. The van der Waals surface area contributed by atoms with Crippen molar-refractivity contribution in [3.05, 3.63) is 78.5 Å². The molecule has 0 unspecified atom stereocenters. The van der Waals surface area contributed by atoms with Crippen LogP contribution >= 0.6 is 0 Å². The Labute approximate surface area is 124 Å². The molecule has 3 aromatic rings. The Morgan fingerprint density at radius 2 is 1.71 bits per heavy atom. The van der Waals surface area contributed by atoms with E-state index in [1.807, 2.05) is 66.7 Å². The number of pyridine rings is 1. The van der Waals surface area contributed by atoms with Gasteiger partial charge in [0.15, 0.2) is 0 Å². The summed E-state index contributed by atoms with van der Waals surface area (Å²) in [6.07, 6.45) is 1.80. The molecule has 0 spiro atoms. The highest BCUT2D eigenvalue weighted by atomic mass is 16.5. The lowest BCUT2D eigenvalue weighted by Gasteiger charge is -2.07. The van der Waals surface area contributed by atoms with E-state index in [-0.39, 0.29) is 0 Å². The third-order valence-corrected chi connectivity index (χ3v) is 3.19. The summed E-state index contributed by atoms with van der Waals surface area (Å²) in [7, 11) is 0. The van der Waals surface area contributed by atoms with Gasteiger partial charge in [-0.05, 0) is 29.3 Å². The summed E-state index contributed by atoms with van der Waals surface area (Å²) < 4.78 is 5.67. The lowest BCUT2D eigenvalue weighted by molar-refractivity contribution is 0.294. The van der Waals surface area contributed by atoms with Crippen LogP contribution in [0.1, 0.15) is 5.56 Å². The quantitative estimate of drug-likeness (QED) is 0.735. The first kappa shape index (κ1) is 13.2. The fraction of sp³-hybridized carbons (Fsp3) is 0.0556. The summed E-state index contributed by atoms with van der Waals surface area (Å²) in [5.41, 5.74) is 9.74. The van der Waals surface area contributed by atoms with E-state index in [1.165, 1.54) is 0 Å². The van der Waals surface area contributed by atoms with Gasteiger partial charge in [-0.1, -0.05) is 42.5 Å². The smallest absolute Gasteiger partial charge is 0.213 e. The van der Waals surface area contributed by atoms with Crippen LogP contribution in [0.3, 0.4) is 0 Å². The van der Waals surface area contributed by atoms with Gasteiger partial charge in [0.05, 0.1) is 0 Å². The first-order valence-corrected chi connectivity index (χ1v) is 6.80. The van der Waals surface area contributed by atoms with Gasteiger partial charge in [-0.2, -0.15) is 0 Å². The number of hydrogen-bond acceptors (Lipinski definition) is 3. The van der Waals surface area contributed by atoms with Crippen molar-refractivity contribution in [3.63, 3.8) is 0 Å². The van der Waals surface area contributed by atoms with Gasteiger partial charge in [0.2, 0.25) is 5.88 Å². The molecule has 0 atom stereocenters. The molecule has 1 aromatic heterocycles. The Hall–Kier alpha value is -2.81. The topological polar surface area (TPSA) is 48.1 Å². The van der Waals surface area contributed by atoms with E-state index in [0.717, 1.165) is 22.4 Å². The fourth-order valence-electron chi connectivity index (χ4n) is 2.09.